The smallest absolute Gasteiger partial charge is 0.121 e. The van der Waals surface area contributed by atoms with Gasteiger partial charge in [-0.15, -0.1) is 0 Å². The van der Waals surface area contributed by atoms with Gasteiger partial charge >= 0.3 is 0 Å². The zero-order valence-corrected chi connectivity index (χ0v) is 11.2. The van der Waals surface area contributed by atoms with Gasteiger partial charge in [0.25, 0.3) is 0 Å². The van der Waals surface area contributed by atoms with Gasteiger partial charge in [0.05, 0.1) is 6.04 Å². The fourth-order valence-corrected chi connectivity index (χ4v) is 1.69. The summed E-state index contributed by atoms with van der Waals surface area (Å²) in [6.45, 7) is 6.01. The number of allylic oxidation sites excluding steroid dienone is 1. The van der Waals surface area contributed by atoms with Crippen LogP contribution in [0.3, 0.4) is 0 Å². The third-order valence-electron chi connectivity index (χ3n) is 2.33. The van der Waals surface area contributed by atoms with Gasteiger partial charge in [-0.2, -0.15) is 0 Å². The van der Waals surface area contributed by atoms with E-state index in [1.54, 1.807) is 6.07 Å². The summed E-state index contributed by atoms with van der Waals surface area (Å²) in [5.74, 6) is 6.25. The van der Waals surface area contributed by atoms with Crippen molar-refractivity contribution < 1.29 is 4.74 Å². The van der Waals surface area contributed by atoms with E-state index >= 15 is 0 Å². The van der Waals surface area contributed by atoms with E-state index in [9.17, 15) is 0 Å². The van der Waals surface area contributed by atoms with Crippen LogP contribution in [-0.2, 0) is 0 Å². The van der Waals surface area contributed by atoms with Gasteiger partial charge in [0, 0.05) is 5.02 Å². The van der Waals surface area contributed by atoms with Gasteiger partial charge in [0.1, 0.15) is 11.9 Å². The lowest BCUT2D eigenvalue weighted by Crippen LogP contribution is -2.44. The van der Waals surface area contributed by atoms with E-state index in [0.717, 1.165) is 5.75 Å². The molecule has 0 amide bonds. The molecule has 0 aromatic heterocycles. The zero-order valence-electron chi connectivity index (χ0n) is 10.4. The Morgan fingerprint density at radius 2 is 2.18 bits per heavy atom. The lowest BCUT2D eigenvalue weighted by atomic mass is 10.1. The molecule has 2 unspecified atom stereocenters. The van der Waals surface area contributed by atoms with Crippen molar-refractivity contribution >= 4 is 11.6 Å². The van der Waals surface area contributed by atoms with Crippen LogP contribution in [0.1, 0.15) is 20.8 Å². The maximum Gasteiger partial charge on any atom is 0.121 e. The van der Waals surface area contributed by atoms with Crippen LogP contribution in [0.2, 0.25) is 5.02 Å². The molecule has 4 heteroatoms. The molecule has 0 saturated carbocycles. The van der Waals surface area contributed by atoms with Crippen molar-refractivity contribution in [3.63, 3.8) is 0 Å². The van der Waals surface area contributed by atoms with Crippen LogP contribution < -0.4 is 16.0 Å². The summed E-state index contributed by atoms with van der Waals surface area (Å²) in [6.07, 6.45) is 1.96. The molecule has 0 saturated heterocycles. The molecule has 0 spiro atoms. The third-order valence-corrected chi connectivity index (χ3v) is 2.56. The summed E-state index contributed by atoms with van der Waals surface area (Å²) in [5, 5.41) is 0.661. The molecule has 0 fully saturated rings. The summed E-state index contributed by atoms with van der Waals surface area (Å²) in [4.78, 5) is 0. The van der Waals surface area contributed by atoms with E-state index in [1.165, 1.54) is 5.57 Å². The van der Waals surface area contributed by atoms with E-state index in [1.807, 2.05) is 45.0 Å². The molecule has 1 aromatic carbocycles. The molecule has 94 valence electrons. The number of hydrogen-bond acceptors (Lipinski definition) is 3. The van der Waals surface area contributed by atoms with Gasteiger partial charge in [-0.3, -0.25) is 5.84 Å². The summed E-state index contributed by atoms with van der Waals surface area (Å²) in [7, 11) is 0. The van der Waals surface area contributed by atoms with Crippen molar-refractivity contribution in [3.05, 3.63) is 40.9 Å². The van der Waals surface area contributed by atoms with E-state index in [4.69, 9.17) is 22.2 Å². The Bertz CT molecular complexity index is 389. The number of nitrogens with two attached hydrogens (primary N) is 1. The number of benzene rings is 1. The van der Waals surface area contributed by atoms with E-state index in [0.29, 0.717) is 5.02 Å². The minimum Gasteiger partial charge on any atom is -0.489 e. The maximum absolute atomic E-state index is 5.89. The topological polar surface area (TPSA) is 47.3 Å². The highest BCUT2D eigenvalue weighted by atomic mass is 35.5. The number of nitrogens with one attached hydrogen (secondary N) is 1. The largest absolute Gasteiger partial charge is 0.489 e. The Kier molecular flexibility index (Phi) is 5.48. The fourth-order valence-electron chi connectivity index (χ4n) is 1.51. The molecule has 17 heavy (non-hydrogen) atoms. The first-order valence-electron chi connectivity index (χ1n) is 5.56. The molecule has 0 bridgehead atoms. The Hall–Kier alpha value is -1.03. The Labute approximate surface area is 108 Å². The lowest BCUT2D eigenvalue weighted by Gasteiger charge is -2.22. The highest BCUT2D eigenvalue weighted by molar-refractivity contribution is 6.30. The summed E-state index contributed by atoms with van der Waals surface area (Å²) in [5.41, 5.74) is 3.92. The Morgan fingerprint density at radius 3 is 2.71 bits per heavy atom. The molecular formula is C13H19ClN2O. The van der Waals surface area contributed by atoms with Crippen molar-refractivity contribution in [2.24, 2.45) is 5.84 Å². The second-order valence-electron chi connectivity index (χ2n) is 4.22. The van der Waals surface area contributed by atoms with Gasteiger partial charge < -0.3 is 4.74 Å². The molecule has 3 N–H and O–H groups in total. The second-order valence-corrected chi connectivity index (χ2v) is 4.65. The van der Waals surface area contributed by atoms with Crippen molar-refractivity contribution in [1.29, 1.82) is 0 Å². The lowest BCUT2D eigenvalue weighted by molar-refractivity contribution is 0.190. The van der Waals surface area contributed by atoms with Gasteiger partial charge in [0.15, 0.2) is 0 Å². The van der Waals surface area contributed by atoms with E-state index < -0.39 is 0 Å². The summed E-state index contributed by atoms with van der Waals surface area (Å²) >= 11 is 5.89. The first-order valence-corrected chi connectivity index (χ1v) is 5.94. The quantitative estimate of drug-likeness (QED) is 0.483. The maximum atomic E-state index is 5.89. The van der Waals surface area contributed by atoms with Crippen LogP contribution in [0.5, 0.6) is 5.75 Å². The molecule has 1 rings (SSSR count). The molecule has 0 radical (unpaired) electrons. The zero-order chi connectivity index (χ0) is 12.8. The SMILES string of the molecule is CC(C)=CC(NN)C(C)Oc1cccc(Cl)c1. The number of hydrogen-bond donors (Lipinski definition) is 2. The summed E-state index contributed by atoms with van der Waals surface area (Å²) < 4.78 is 5.78. The first kappa shape index (κ1) is 14.0. The Balaban J connectivity index is 2.70. The standard InChI is InChI=1S/C13H19ClN2O/c1-9(2)7-13(16-15)10(3)17-12-6-4-5-11(14)8-12/h4-8,10,13,16H,15H2,1-3H3. The average molecular weight is 255 g/mol. The van der Waals surface area contributed by atoms with E-state index in [2.05, 4.69) is 5.43 Å². The van der Waals surface area contributed by atoms with Crippen LogP contribution in [0.4, 0.5) is 0 Å². The monoisotopic (exact) mass is 254 g/mol. The van der Waals surface area contributed by atoms with Crippen LogP contribution in [0.25, 0.3) is 0 Å². The average Bonchev–Trinajstić information content (AvgIpc) is 2.25. The number of halogens is 1. The van der Waals surface area contributed by atoms with Crippen molar-refractivity contribution in [2.75, 3.05) is 0 Å². The molecule has 0 heterocycles. The molecule has 2 atom stereocenters. The van der Waals surface area contributed by atoms with Crippen molar-refractivity contribution in [2.45, 2.75) is 32.9 Å². The third kappa shape index (κ3) is 4.77. The van der Waals surface area contributed by atoms with Gasteiger partial charge in [-0.25, -0.2) is 5.43 Å². The fraction of sp³-hybridized carbons (Fsp3) is 0.385. The van der Waals surface area contributed by atoms with Crippen LogP contribution >= 0.6 is 11.6 Å². The molecule has 1 aromatic rings. The Morgan fingerprint density at radius 1 is 1.47 bits per heavy atom. The highest BCUT2D eigenvalue weighted by Gasteiger charge is 2.14. The second kappa shape index (κ2) is 6.64. The van der Waals surface area contributed by atoms with Crippen LogP contribution in [-0.4, -0.2) is 12.1 Å². The summed E-state index contributed by atoms with van der Waals surface area (Å²) in [6, 6.07) is 7.30. The minimum absolute atomic E-state index is 0.0287. The van der Waals surface area contributed by atoms with E-state index in [-0.39, 0.29) is 12.1 Å². The molecular weight excluding hydrogens is 236 g/mol. The highest BCUT2D eigenvalue weighted by Crippen LogP contribution is 2.19. The first-order chi connectivity index (χ1) is 8.02. The van der Waals surface area contributed by atoms with Gasteiger partial charge in [0.2, 0.25) is 0 Å². The number of rotatable bonds is 5. The van der Waals surface area contributed by atoms with Crippen molar-refractivity contribution in [3.8, 4) is 5.75 Å². The number of ether oxygens (including phenoxy) is 1. The number of hydrazine groups is 1. The molecule has 0 aliphatic heterocycles. The predicted molar refractivity (Wildman–Crippen MR) is 72.1 cm³/mol. The van der Waals surface area contributed by atoms with Gasteiger partial charge in [-0.1, -0.05) is 29.3 Å². The van der Waals surface area contributed by atoms with Crippen LogP contribution in [0.15, 0.2) is 35.9 Å². The minimum atomic E-state index is -0.0756. The predicted octanol–water partition coefficient (Wildman–Crippen LogP) is 2.91. The molecule has 3 nitrogen and oxygen atoms in total. The molecule has 0 aliphatic carbocycles. The van der Waals surface area contributed by atoms with Crippen LogP contribution in [0, 0.1) is 0 Å². The van der Waals surface area contributed by atoms with Gasteiger partial charge in [-0.05, 0) is 39.0 Å². The molecule has 0 aliphatic rings. The van der Waals surface area contributed by atoms with Crippen molar-refractivity contribution in [1.82, 2.24) is 5.43 Å². The normalized spacial score (nSPS) is 13.9.